The molecule has 0 aromatic rings. The van der Waals surface area contributed by atoms with Crippen LogP contribution < -0.4 is 0 Å². The molecular weight excluding hydrogens is 236 g/mol. The fraction of sp³-hybridized carbons (Fsp3) is 0.692. The van der Waals surface area contributed by atoms with Crippen molar-refractivity contribution in [1.29, 1.82) is 0 Å². The maximum absolute atomic E-state index is 11.6. The molecule has 3 nitrogen and oxygen atoms in total. The molecular formula is C13H20O3S. The van der Waals surface area contributed by atoms with E-state index in [2.05, 4.69) is 0 Å². The van der Waals surface area contributed by atoms with Gasteiger partial charge in [-0.3, -0.25) is 9.59 Å². The number of rotatable bonds is 3. The van der Waals surface area contributed by atoms with E-state index in [1.165, 1.54) is 17.8 Å². The summed E-state index contributed by atoms with van der Waals surface area (Å²) in [5, 5.41) is 8.98. The summed E-state index contributed by atoms with van der Waals surface area (Å²) in [6.45, 7) is 9.77. The second kappa shape index (κ2) is 4.48. The third-order valence-electron chi connectivity index (χ3n) is 3.02. The molecule has 1 aliphatic carbocycles. The molecule has 0 aliphatic heterocycles. The van der Waals surface area contributed by atoms with E-state index in [0.717, 1.165) is 0 Å². The van der Waals surface area contributed by atoms with Gasteiger partial charge < -0.3 is 5.11 Å². The average molecular weight is 256 g/mol. The van der Waals surface area contributed by atoms with E-state index in [9.17, 15) is 9.59 Å². The van der Waals surface area contributed by atoms with Gasteiger partial charge in [-0.15, -0.1) is 0 Å². The molecule has 0 amide bonds. The van der Waals surface area contributed by atoms with Crippen LogP contribution in [0, 0.1) is 17.3 Å². The lowest BCUT2D eigenvalue weighted by atomic mass is 10.1. The van der Waals surface area contributed by atoms with Crippen LogP contribution in [0.1, 0.15) is 34.6 Å². The lowest BCUT2D eigenvalue weighted by molar-refractivity contribution is -0.139. The van der Waals surface area contributed by atoms with Gasteiger partial charge in [-0.25, -0.2) is 0 Å². The van der Waals surface area contributed by atoms with Gasteiger partial charge in [0.15, 0.2) is 0 Å². The molecule has 1 N–H and O–H groups in total. The van der Waals surface area contributed by atoms with Gasteiger partial charge in [0.25, 0.3) is 0 Å². The molecule has 0 radical (unpaired) electrons. The first-order chi connectivity index (χ1) is 7.55. The van der Waals surface area contributed by atoms with Crippen LogP contribution in [-0.2, 0) is 9.59 Å². The van der Waals surface area contributed by atoms with Gasteiger partial charge in [0.2, 0.25) is 5.12 Å². The van der Waals surface area contributed by atoms with E-state index in [1.54, 1.807) is 6.08 Å². The Morgan fingerprint density at radius 3 is 2.18 bits per heavy atom. The van der Waals surface area contributed by atoms with Crippen LogP contribution in [0.4, 0.5) is 0 Å². The monoisotopic (exact) mass is 256 g/mol. The predicted molar refractivity (Wildman–Crippen MR) is 69.9 cm³/mol. The topological polar surface area (TPSA) is 54.4 Å². The predicted octanol–water partition coefficient (Wildman–Crippen LogP) is 2.96. The van der Waals surface area contributed by atoms with Crippen molar-refractivity contribution in [2.45, 2.75) is 39.4 Å². The Bertz CT molecular complexity index is 363. The highest BCUT2D eigenvalue weighted by molar-refractivity contribution is 8.15. The summed E-state index contributed by atoms with van der Waals surface area (Å²) in [6, 6.07) is 0. The zero-order chi connectivity index (χ0) is 13.4. The van der Waals surface area contributed by atoms with Gasteiger partial charge in [0.1, 0.15) is 0 Å². The third-order valence-corrected chi connectivity index (χ3v) is 3.97. The number of hydrogen-bond donors (Lipinski definition) is 1. The Kier molecular flexibility index (Phi) is 3.77. The Morgan fingerprint density at radius 2 is 1.82 bits per heavy atom. The highest BCUT2D eigenvalue weighted by atomic mass is 32.2. The van der Waals surface area contributed by atoms with Gasteiger partial charge in [-0.2, -0.15) is 0 Å². The van der Waals surface area contributed by atoms with Crippen molar-refractivity contribution < 1.29 is 14.7 Å². The molecule has 0 aromatic carbocycles. The van der Waals surface area contributed by atoms with Crippen LogP contribution in [0.15, 0.2) is 12.2 Å². The van der Waals surface area contributed by atoms with Gasteiger partial charge >= 0.3 is 5.97 Å². The molecule has 17 heavy (non-hydrogen) atoms. The second-order valence-corrected chi connectivity index (χ2v) is 7.89. The Labute approximate surface area is 107 Å². The molecule has 4 heteroatoms. The molecule has 1 saturated carbocycles. The fourth-order valence-electron chi connectivity index (χ4n) is 2.03. The summed E-state index contributed by atoms with van der Waals surface area (Å²) in [5.74, 6) is -1.16. The molecule has 1 aliphatic rings. The SMILES string of the molecule is CC(C)(C)SC(=O)/C=C/C1C(C(=O)O)C1(C)C. The van der Waals surface area contributed by atoms with Crippen LogP contribution in [0.25, 0.3) is 0 Å². The Hall–Kier alpha value is -0.770. The summed E-state index contributed by atoms with van der Waals surface area (Å²) < 4.78 is -0.104. The van der Waals surface area contributed by atoms with Crippen LogP contribution in [0.5, 0.6) is 0 Å². The minimum Gasteiger partial charge on any atom is -0.481 e. The van der Waals surface area contributed by atoms with Gasteiger partial charge in [-0.1, -0.05) is 52.5 Å². The molecule has 1 fully saturated rings. The van der Waals surface area contributed by atoms with Crippen molar-refractivity contribution >= 4 is 22.8 Å². The van der Waals surface area contributed by atoms with Gasteiger partial charge in [-0.05, 0) is 17.4 Å². The zero-order valence-electron chi connectivity index (χ0n) is 11.0. The van der Waals surface area contributed by atoms with E-state index in [4.69, 9.17) is 5.11 Å². The lowest BCUT2D eigenvalue weighted by Gasteiger charge is -2.14. The van der Waals surface area contributed by atoms with Crippen molar-refractivity contribution in [3.63, 3.8) is 0 Å². The quantitative estimate of drug-likeness (QED) is 0.789. The normalized spacial score (nSPS) is 27.1. The van der Waals surface area contributed by atoms with Crippen molar-refractivity contribution in [2.24, 2.45) is 17.3 Å². The van der Waals surface area contributed by atoms with Gasteiger partial charge in [0, 0.05) is 4.75 Å². The summed E-state index contributed by atoms with van der Waals surface area (Å²) in [6.07, 6.45) is 3.27. The van der Waals surface area contributed by atoms with Crippen LogP contribution >= 0.6 is 11.8 Å². The Morgan fingerprint density at radius 1 is 1.29 bits per heavy atom. The number of carbonyl (C=O) groups is 2. The third kappa shape index (κ3) is 3.60. The fourth-order valence-corrected chi connectivity index (χ4v) is 2.78. The standard InChI is InChI=1S/C13H20O3S/c1-12(2,3)17-9(14)7-6-8-10(11(15)16)13(8,4)5/h6-8,10H,1-5H3,(H,15,16)/b7-6+. The van der Waals surface area contributed by atoms with Crippen molar-refractivity contribution in [1.82, 2.24) is 0 Å². The van der Waals surface area contributed by atoms with E-state index in [0.29, 0.717) is 0 Å². The number of carboxylic acid groups (broad SMARTS) is 1. The van der Waals surface area contributed by atoms with E-state index in [-0.39, 0.29) is 27.1 Å². The Balaban J connectivity index is 2.57. The van der Waals surface area contributed by atoms with E-state index in [1.807, 2.05) is 34.6 Å². The minimum absolute atomic E-state index is 0.00987. The summed E-state index contributed by atoms with van der Waals surface area (Å²) in [5.41, 5.74) is -0.227. The number of thioether (sulfide) groups is 1. The molecule has 0 saturated heterocycles. The van der Waals surface area contributed by atoms with Crippen molar-refractivity contribution in [2.75, 3.05) is 0 Å². The number of hydrogen-bond acceptors (Lipinski definition) is 3. The smallest absolute Gasteiger partial charge is 0.307 e. The van der Waals surface area contributed by atoms with Gasteiger partial charge in [0.05, 0.1) is 5.92 Å². The molecule has 2 unspecified atom stereocenters. The highest BCUT2D eigenvalue weighted by Crippen LogP contribution is 2.59. The summed E-state index contributed by atoms with van der Waals surface area (Å²) in [4.78, 5) is 22.5. The number of carbonyl (C=O) groups excluding carboxylic acids is 1. The maximum atomic E-state index is 11.6. The summed E-state index contributed by atoms with van der Waals surface area (Å²) in [7, 11) is 0. The molecule has 0 spiro atoms. The number of carboxylic acids is 1. The summed E-state index contributed by atoms with van der Waals surface area (Å²) >= 11 is 1.26. The largest absolute Gasteiger partial charge is 0.481 e. The first kappa shape index (κ1) is 14.3. The first-order valence-electron chi connectivity index (χ1n) is 5.69. The molecule has 0 heterocycles. The average Bonchev–Trinajstić information content (AvgIpc) is 2.61. The molecule has 0 aromatic heterocycles. The van der Waals surface area contributed by atoms with Crippen LogP contribution in [0.2, 0.25) is 0 Å². The highest BCUT2D eigenvalue weighted by Gasteiger charge is 2.60. The lowest BCUT2D eigenvalue weighted by Crippen LogP contribution is -2.10. The molecule has 0 bridgehead atoms. The van der Waals surface area contributed by atoms with Crippen molar-refractivity contribution in [3.8, 4) is 0 Å². The number of aliphatic carboxylic acids is 1. The van der Waals surface area contributed by atoms with E-state index < -0.39 is 5.97 Å². The number of allylic oxidation sites excluding steroid dienone is 1. The molecule has 96 valence electrons. The first-order valence-corrected chi connectivity index (χ1v) is 6.51. The minimum atomic E-state index is -0.777. The van der Waals surface area contributed by atoms with E-state index >= 15 is 0 Å². The second-order valence-electron chi connectivity index (χ2n) is 6.06. The van der Waals surface area contributed by atoms with Crippen LogP contribution in [0.3, 0.4) is 0 Å². The zero-order valence-corrected chi connectivity index (χ0v) is 11.8. The van der Waals surface area contributed by atoms with Crippen LogP contribution in [-0.4, -0.2) is 20.9 Å². The van der Waals surface area contributed by atoms with Crippen molar-refractivity contribution in [3.05, 3.63) is 12.2 Å². The molecule has 1 rings (SSSR count). The maximum Gasteiger partial charge on any atom is 0.307 e. The molecule has 2 atom stereocenters.